The second-order valence-electron chi connectivity index (χ2n) is 5.81. The molecule has 0 radical (unpaired) electrons. The number of amides is 1. The van der Waals surface area contributed by atoms with Crippen LogP contribution in [0.4, 0.5) is 0 Å². The van der Waals surface area contributed by atoms with Gasteiger partial charge in [-0.2, -0.15) is 0 Å². The molecule has 0 unspecified atom stereocenters. The van der Waals surface area contributed by atoms with E-state index < -0.39 is 11.5 Å². The molecule has 1 heterocycles. The van der Waals surface area contributed by atoms with Gasteiger partial charge in [0.2, 0.25) is 0 Å². The SMILES string of the molecule is CSc1ccc([C@H](C)NC(=O)c2cnc(-c3ccccc3)[nH]c2=O)cc1. The molecule has 2 N–H and O–H groups in total. The van der Waals surface area contributed by atoms with Crippen molar-refractivity contribution in [3.05, 3.63) is 82.3 Å². The molecule has 132 valence electrons. The summed E-state index contributed by atoms with van der Waals surface area (Å²) in [5, 5.41) is 2.84. The Labute approximate surface area is 155 Å². The van der Waals surface area contributed by atoms with Gasteiger partial charge in [-0.05, 0) is 30.9 Å². The highest BCUT2D eigenvalue weighted by atomic mass is 32.2. The van der Waals surface area contributed by atoms with Crippen molar-refractivity contribution < 1.29 is 4.79 Å². The first-order chi connectivity index (χ1) is 12.6. The number of nitrogens with zero attached hydrogens (tertiary/aromatic N) is 1. The Morgan fingerprint density at radius 1 is 1.12 bits per heavy atom. The van der Waals surface area contributed by atoms with E-state index in [1.54, 1.807) is 11.8 Å². The van der Waals surface area contributed by atoms with Gasteiger partial charge in [0, 0.05) is 16.7 Å². The summed E-state index contributed by atoms with van der Waals surface area (Å²) in [7, 11) is 0. The predicted molar refractivity (Wildman–Crippen MR) is 104 cm³/mol. The second-order valence-corrected chi connectivity index (χ2v) is 6.69. The fraction of sp³-hybridized carbons (Fsp3) is 0.150. The average molecular weight is 365 g/mol. The summed E-state index contributed by atoms with van der Waals surface area (Å²) in [6.45, 7) is 1.88. The average Bonchev–Trinajstić information content (AvgIpc) is 2.68. The van der Waals surface area contributed by atoms with Crippen LogP contribution < -0.4 is 10.9 Å². The summed E-state index contributed by atoms with van der Waals surface area (Å²) in [4.78, 5) is 32.8. The number of aromatic amines is 1. The molecule has 0 aliphatic rings. The number of benzene rings is 2. The molecule has 0 fully saturated rings. The number of carbonyl (C=O) groups is 1. The van der Waals surface area contributed by atoms with Crippen molar-refractivity contribution in [1.29, 1.82) is 0 Å². The molecule has 0 aliphatic carbocycles. The Balaban J connectivity index is 1.76. The Hall–Kier alpha value is -2.86. The summed E-state index contributed by atoms with van der Waals surface area (Å²) in [6, 6.07) is 17.0. The van der Waals surface area contributed by atoms with E-state index in [0.29, 0.717) is 5.82 Å². The fourth-order valence-corrected chi connectivity index (χ4v) is 2.96. The van der Waals surface area contributed by atoms with Crippen LogP contribution in [0.2, 0.25) is 0 Å². The Morgan fingerprint density at radius 3 is 2.42 bits per heavy atom. The first-order valence-corrected chi connectivity index (χ1v) is 9.40. The number of carbonyl (C=O) groups excluding carboxylic acids is 1. The van der Waals surface area contributed by atoms with E-state index in [2.05, 4.69) is 15.3 Å². The highest BCUT2D eigenvalue weighted by Crippen LogP contribution is 2.19. The van der Waals surface area contributed by atoms with Crippen molar-refractivity contribution in [2.75, 3.05) is 6.26 Å². The molecule has 0 aliphatic heterocycles. The van der Waals surface area contributed by atoms with Crippen LogP contribution in [0.1, 0.15) is 28.9 Å². The second kappa shape index (κ2) is 8.01. The van der Waals surface area contributed by atoms with Gasteiger partial charge in [-0.25, -0.2) is 4.98 Å². The monoisotopic (exact) mass is 365 g/mol. The smallest absolute Gasteiger partial charge is 0.264 e. The number of H-pyrrole nitrogens is 1. The lowest BCUT2D eigenvalue weighted by Crippen LogP contribution is -2.32. The first kappa shape index (κ1) is 17.9. The molecular weight excluding hydrogens is 346 g/mol. The molecule has 1 aromatic heterocycles. The predicted octanol–water partition coefficient (Wildman–Crippen LogP) is 3.65. The van der Waals surface area contributed by atoms with E-state index in [9.17, 15) is 9.59 Å². The van der Waals surface area contributed by atoms with Crippen LogP contribution >= 0.6 is 11.8 Å². The van der Waals surface area contributed by atoms with Gasteiger partial charge in [-0.1, -0.05) is 42.5 Å². The third-order valence-electron chi connectivity index (χ3n) is 4.05. The maximum Gasteiger partial charge on any atom is 0.264 e. The van der Waals surface area contributed by atoms with E-state index in [-0.39, 0.29) is 11.6 Å². The first-order valence-electron chi connectivity index (χ1n) is 8.18. The quantitative estimate of drug-likeness (QED) is 0.677. The lowest BCUT2D eigenvalue weighted by molar-refractivity contribution is 0.0938. The van der Waals surface area contributed by atoms with Crippen molar-refractivity contribution in [1.82, 2.24) is 15.3 Å². The fourth-order valence-electron chi connectivity index (χ4n) is 2.55. The van der Waals surface area contributed by atoms with E-state index in [4.69, 9.17) is 0 Å². The normalized spacial score (nSPS) is 11.8. The van der Waals surface area contributed by atoms with Gasteiger partial charge in [0.1, 0.15) is 11.4 Å². The lowest BCUT2D eigenvalue weighted by atomic mass is 10.1. The Kier molecular flexibility index (Phi) is 5.53. The van der Waals surface area contributed by atoms with Gasteiger partial charge in [-0.15, -0.1) is 11.8 Å². The molecule has 3 rings (SSSR count). The van der Waals surface area contributed by atoms with Gasteiger partial charge >= 0.3 is 0 Å². The van der Waals surface area contributed by atoms with Crippen LogP contribution in [0.15, 0.2) is 70.5 Å². The van der Waals surface area contributed by atoms with Gasteiger partial charge < -0.3 is 10.3 Å². The van der Waals surface area contributed by atoms with Crippen molar-refractivity contribution in [2.24, 2.45) is 0 Å². The summed E-state index contributed by atoms with van der Waals surface area (Å²) < 4.78 is 0. The number of thioether (sulfide) groups is 1. The summed E-state index contributed by atoms with van der Waals surface area (Å²) in [6.07, 6.45) is 3.33. The van der Waals surface area contributed by atoms with Crippen LogP contribution in [-0.4, -0.2) is 22.1 Å². The van der Waals surface area contributed by atoms with Crippen LogP contribution in [0, 0.1) is 0 Å². The van der Waals surface area contributed by atoms with Gasteiger partial charge in [0.05, 0.1) is 6.04 Å². The standard InChI is InChI=1S/C20H19N3O2S/c1-13(14-8-10-16(26-2)11-9-14)22-19(24)17-12-21-18(23-20(17)25)15-6-4-3-5-7-15/h3-13H,1-2H3,(H,22,24)(H,21,23,25)/t13-/m0/s1. The highest BCUT2D eigenvalue weighted by molar-refractivity contribution is 7.98. The summed E-state index contributed by atoms with van der Waals surface area (Å²) in [5.74, 6) is -0.00680. The van der Waals surface area contributed by atoms with E-state index in [0.717, 1.165) is 16.0 Å². The van der Waals surface area contributed by atoms with Crippen molar-refractivity contribution in [3.63, 3.8) is 0 Å². The maximum absolute atomic E-state index is 12.4. The molecule has 0 bridgehead atoms. The van der Waals surface area contributed by atoms with E-state index in [1.165, 1.54) is 6.20 Å². The zero-order chi connectivity index (χ0) is 18.5. The molecule has 1 amide bonds. The van der Waals surface area contributed by atoms with Gasteiger partial charge in [0.15, 0.2) is 0 Å². The van der Waals surface area contributed by atoms with Crippen LogP contribution in [0.3, 0.4) is 0 Å². The van der Waals surface area contributed by atoms with E-state index >= 15 is 0 Å². The number of nitrogens with one attached hydrogen (secondary N) is 2. The van der Waals surface area contributed by atoms with Gasteiger partial charge in [0.25, 0.3) is 11.5 Å². The van der Waals surface area contributed by atoms with Crippen molar-refractivity contribution >= 4 is 17.7 Å². The summed E-state index contributed by atoms with van der Waals surface area (Å²) in [5.41, 5.74) is 1.30. The number of aromatic nitrogens is 2. The minimum Gasteiger partial charge on any atom is -0.345 e. The molecule has 6 heteroatoms. The Morgan fingerprint density at radius 2 is 1.81 bits per heavy atom. The molecule has 26 heavy (non-hydrogen) atoms. The molecule has 0 saturated heterocycles. The van der Waals surface area contributed by atoms with E-state index in [1.807, 2.05) is 67.8 Å². The molecule has 2 aromatic carbocycles. The summed E-state index contributed by atoms with van der Waals surface area (Å²) >= 11 is 1.66. The highest BCUT2D eigenvalue weighted by Gasteiger charge is 2.16. The molecule has 1 atom stereocenters. The van der Waals surface area contributed by atoms with Crippen LogP contribution in [0.25, 0.3) is 11.4 Å². The van der Waals surface area contributed by atoms with Crippen LogP contribution in [0.5, 0.6) is 0 Å². The lowest BCUT2D eigenvalue weighted by Gasteiger charge is -2.14. The zero-order valence-corrected chi connectivity index (χ0v) is 15.3. The van der Waals surface area contributed by atoms with Crippen molar-refractivity contribution in [2.45, 2.75) is 17.9 Å². The molecule has 0 saturated carbocycles. The Bertz CT molecular complexity index is 953. The largest absolute Gasteiger partial charge is 0.345 e. The molecular formula is C20H19N3O2S. The third kappa shape index (κ3) is 4.03. The molecule has 0 spiro atoms. The minimum atomic E-state index is -0.457. The number of hydrogen-bond acceptors (Lipinski definition) is 4. The number of rotatable bonds is 5. The minimum absolute atomic E-state index is 0.00253. The number of hydrogen-bond donors (Lipinski definition) is 2. The van der Waals surface area contributed by atoms with Crippen LogP contribution in [-0.2, 0) is 0 Å². The molecule has 3 aromatic rings. The molecule has 5 nitrogen and oxygen atoms in total. The maximum atomic E-state index is 12.4. The van der Waals surface area contributed by atoms with Crippen molar-refractivity contribution in [3.8, 4) is 11.4 Å². The third-order valence-corrected chi connectivity index (χ3v) is 4.80. The zero-order valence-electron chi connectivity index (χ0n) is 14.5. The topological polar surface area (TPSA) is 74.8 Å². The van der Waals surface area contributed by atoms with Gasteiger partial charge in [-0.3, -0.25) is 9.59 Å².